The van der Waals surface area contributed by atoms with Crippen LogP contribution in [0.1, 0.15) is 37.8 Å². The van der Waals surface area contributed by atoms with Crippen molar-refractivity contribution in [2.24, 2.45) is 5.92 Å². The number of hydrogen-bond acceptors (Lipinski definition) is 3. The summed E-state index contributed by atoms with van der Waals surface area (Å²) in [6.45, 7) is 1.86. The number of aryl methyl sites for hydroxylation is 1. The smallest absolute Gasteiger partial charge is 0.248 e. The Hall–Kier alpha value is -1.04. The Morgan fingerprint density at radius 2 is 2.22 bits per heavy atom. The number of nitrogens with zero attached hydrogens (tertiary/aromatic N) is 1. The number of nitrogens with one attached hydrogen (secondary N) is 1. The zero-order valence-electron chi connectivity index (χ0n) is 10.2. The number of rotatable bonds is 3. The molecule has 1 aliphatic carbocycles. The van der Waals surface area contributed by atoms with Crippen LogP contribution in [0, 0.1) is 12.8 Å². The summed E-state index contributed by atoms with van der Waals surface area (Å²) < 4.78 is 30.0. The molecule has 1 heterocycles. The fraction of sp³-hybridized carbons (Fsp3) is 0.667. The summed E-state index contributed by atoms with van der Waals surface area (Å²) in [5.41, 5.74) is 0.868. The van der Waals surface area contributed by atoms with Crippen molar-refractivity contribution in [3.63, 3.8) is 0 Å². The highest BCUT2D eigenvalue weighted by Crippen LogP contribution is 2.37. The van der Waals surface area contributed by atoms with Crippen LogP contribution in [-0.2, 0) is 4.79 Å². The first-order chi connectivity index (χ1) is 8.44. The molecule has 1 N–H and O–H groups in total. The van der Waals surface area contributed by atoms with E-state index in [9.17, 15) is 13.6 Å². The molecule has 2 rings (SSSR count). The SMILES string of the molecule is Cc1cc(NC(=O)CC2CCC(F)(F)CC2)sn1. The second-order valence-corrected chi connectivity index (χ2v) is 5.69. The molecular formula is C12H16F2N2OS. The highest BCUT2D eigenvalue weighted by Gasteiger charge is 2.35. The second kappa shape index (κ2) is 5.30. The predicted octanol–water partition coefficient (Wildman–Crippen LogP) is 3.61. The highest BCUT2D eigenvalue weighted by molar-refractivity contribution is 7.10. The van der Waals surface area contributed by atoms with E-state index in [1.807, 2.05) is 6.92 Å². The van der Waals surface area contributed by atoms with Crippen molar-refractivity contribution in [1.82, 2.24) is 4.37 Å². The number of hydrogen-bond donors (Lipinski definition) is 1. The Morgan fingerprint density at radius 3 is 2.78 bits per heavy atom. The molecule has 1 aromatic heterocycles. The molecule has 1 saturated carbocycles. The Balaban J connectivity index is 1.78. The van der Waals surface area contributed by atoms with Crippen molar-refractivity contribution in [3.8, 4) is 0 Å². The van der Waals surface area contributed by atoms with Crippen molar-refractivity contribution in [3.05, 3.63) is 11.8 Å². The van der Waals surface area contributed by atoms with Crippen LogP contribution in [0.2, 0.25) is 0 Å². The van der Waals surface area contributed by atoms with Crippen molar-refractivity contribution < 1.29 is 13.6 Å². The molecule has 0 aliphatic heterocycles. The summed E-state index contributed by atoms with van der Waals surface area (Å²) in [6.07, 6.45) is 1.01. The molecule has 3 nitrogen and oxygen atoms in total. The molecule has 100 valence electrons. The van der Waals surface area contributed by atoms with Crippen molar-refractivity contribution in [1.29, 1.82) is 0 Å². The van der Waals surface area contributed by atoms with Gasteiger partial charge >= 0.3 is 0 Å². The first-order valence-electron chi connectivity index (χ1n) is 6.06. The number of amides is 1. The molecule has 0 radical (unpaired) electrons. The van der Waals surface area contributed by atoms with Crippen LogP contribution in [0.5, 0.6) is 0 Å². The van der Waals surface area contributed by atoms with Gasteiger partial charge in [0, 0.05) is 19.3 Å². The highest BCUT2D eigenvalue weighted by atomic mass is 32.1. The second-order valence-electron chi connectivity index (χ2n) is 4.88. The topological polar surface area (TPSA) is 42.0 Å². The van der Waals surface area contributed by atoms with Gasteiger partial charge in [0.05, 0.1) is 5.69 Å². The molecule has 18 heavy (non-hydrogen) atoms. The average Bonchev–Trinajstić information content (AvgIpc) is 2.67. The lowest BCUT2D eigenvalue weighted by atomic mass is 9.84. The number of aromatic nitrogens is 1. The normalized spacial score (nSPS) is 19.7. The van der Waals surface area contributed by atoms with E-state index >= 15 is 0 Å². The maximum atomic E-state index is 13.0. The van der Waals surface area contributed by atoms with Crippen LogP contribution < -0.4 is 5.32 Å². The Bertz CT molecular complexity index is 423. The molecule has 0 spiro atoms. The van der Waals surface area contributed by atoms with Crippen LogP contribution >= 0.6 is 11.5 Å². The van der Waals surface area contributed by atoms with Gasteiger partial charge in [0.25, 0.3) is 0 Å². The molecule has 1 fully saturated rings. The molecule has 0 bridgehead atoms. The van der Waals surface area contributed by atoms with Crippen LogP contribution in [0.25, 0.3) is 0 Å². The number of carbonyl (C=O) groups is 1. The van der Waals surface area contributed by atoms with Crippen LogP contribution in [-0.4, -0.2) is 16.2 Å². The Morgan fingerprint density at radius 1 is 1.56 bits per heavy atom. The van der Waals surface area contributed by atoms with Crippen molar-refractivity contribution in [2.75, 3.05) is 5.32 Å². The van der Waals surface area contributed by atoms with Gasteiger partial charge < -0.3 is 5.32 Å². The van der Waals surface area contributed by atoms with E-state index in [1.54, 1.807) is 6.07 Å². The third-order valence-electron chi connectivity index (χ3n) is 3.20. The summed E-state index contributed by atoms with van der Waals surface area (Å²) in [4.78, 5) is 11.7. The lowest BCUT2D eigenvalue weighted by Crippen LogP contribution is -2.27. The third-order valence-corrected chi connectivity index (χ3v) is 4.00. The molecule has 1 amide bonds. The van der Waals surface area contributed by atoms with Gasteiger partial charge in [-0.1, -0.05) is 0 Å². The largest absolute Gasteiger partial charge is 0.316 e. The maximum Gasteiger partial charge on any atom is 0.248 e. The van der Waals surface area contributed by atoms with Gasteiger partial charge in [-0.25, -0.2) is 8.78 Å². The Kier molecular flexibility index (Phi) is 3.94. The zero-order valence-corrected chi connectivity index (χ0v) is 11.0. The molecule has 0 unspecified atom stereocenters. The molecule has 1 aromatic rings. The van der Waals surface area contributed by atoms with Gasteiger partial charge in [-0.15, -0.1) is 0 Å². The van der Waals surface area contributed by atoms with Gasteiger partial charge in [0.1, 0.15) is 5.00 Å². The van der Waals surface area contributed by atoms with Crippen molar-refractivity contribution in [2.45, 2.75) is 45.0 Å². The monoisotopic (exact) mass is 274 g/mol. The Labute approximate surface area is 109 Å². The van der Waals surface area contributed by atoms with E-state index in [1.165, 1.54) is 11.5 Å². The minimum absolute atomic E-state index is 0.0821. The van der Waals surface area contributed by atoms with Gasteiger partial charge in [-0.05, 0) is 43.3 Å². The number of carbonyl (C=O) groups excluding carboxylic acids is 1. The third kappa shape index (κ3) is 3.73. The van der Waals surface area contributed by atoms with Gasteiger partial charge in [0.15, 0.2) is 0 Å². The van der Waals surface area contributed by atoms with Gasteiger partial charge in [-0.2, -0.15) is 4.37 Å². The number of halogens is 2. The number of alkyl halides is 2. The predicted molar refractivity (Wildman–Crippen MR) is 67.0 cm³/mol. The van der Waals surface area contributed by atoms with E-state index in [0.717, 1.165) is 10.7 Å². The summed E-state index contributed by atoms with van der Waals surface area (Å²) in [6, 6.07) is 1.80. The summed E-state index contributed by atoms with van der Waals surface area (Å²) in [7, 11) is 0. The standard InChI is InChI=1S/C12H16F2N2OS/c1-8-6-11(18-16-8)15-10(17)7-9-2-4-12(13,14)5-3-9/h6,9H,2-5,7H2,1H3,(H,15,17). The van der Waals surface area contributed by atoms with E-state index in [2.05, 4.69) is 9.69 Å². The van der Waals surface area contributed by atoms with E-state index < -0.39 is 5.92 Å². The van der Waals surface area contributed by atoms with E-state index in [4.69, 9.17) is 0 Å². The maximum absolute atomic E-state index is 13.0. The van der Waals surface area contributed by atoms with Gasteiger partial charge in [0.2, 0.25) is 11.8 Å². The minimum atomic E-state index is -2.53. The van der Waals surface area contributed by atoms with E-state index in [-0.39, 0.29) is 24.7 Å². The molecule has 0 saturated heterocycles. The summed E-state index contributed by atoms with van der Waals surface area (Å²) in [5, 5.41) is 3.48. The lowest BCUT2D eigenvalue weighted by molar-refractivity contribution is -0.118. The first-order valence-corrected chi connectivity index (χ1v) is 6.83. The quantitative estimate of drug-likeness (QED) is 0.915. The van der Waals surface area contributed by atoms with Gasteiger partial charge in [-0.3, -0.25) is 4.79 Å². The fourth-order valence-corrected chi connectivity index (χ4v) is 2.85. The van der Waals surface area contributed by atoms with Crippen molar-refractivity contribution >= 4 is 22.4 Å². The molecule has 6 heteroatoms. The molecular weight excluding hydrogens is 258 g/mol. The average molecular weight is 274 g/mol. The first kappa shape index (κ1) is 13.4. The van der Waals surface area contributed by atoms with Crippen LogP contribution in [0.15, 0.2) is 6.07 Å². The van der Waals surface area contributed by atoms with E-state index in [0.29, 0.717) is 19.3 Å². The number of anilines is 1. The molecule has 0 aromatic carbocycles. The molecule has 0 atom stereocenters. The lowest BCUT2D eigenvalue weighted by Gasteiger charge is -2.27. The summed E-state index contributed by atoms with van der Waals surface area (Å²) >= 11 is 1.24. The van der Waals surface area contributed by atoms with Crippen LogP contribution in [0.3, 0.4) is 0 Å². The fourth-order valence-electron chi connectivity index (χ4n) is 2.18. The minimum Gasteiger partial charge on any atom is -0.316 e. The molecule has 1 aliphatic rings. The van der Waals surface area contributed by atoms with Crippen LogP contribution in [0.4, 0.5) is 13.8 Å². The summed E-state index contributed by atoms with van der Waals surface area (Å²) in [5.74, 6) is -2.55. The zero-order chi connectivity index (χ0) is 13.2.